The van der Waals surface area contributed by atoms with E-state index in [1.807, 2.05) is 6.92 Å². The van der Waals surface area contributed by atoms with Gasteiger partial charge in [-0.15, -0.1) is 0 Å². The van der Waals surface area contributed by atoms with Gasteiger partial charge >= 0.3 is 0 Å². The second-order valence-electron chi connectivity index (χ2n) is 4.18. The zero-order chi connectivity index (χ0) is 14.8. The van der Waals surface area contributed by atoms with E-state index in [0.29, 0.717) is 51.2 Å². The summed E-state index contributed by atoms with van der Waals surface area (Å²) in [5.41, 5.74) is 5.83. The molecule has 0 unspecified atom stereocenters. The van der Waals surface area contributed by atoms with E-state index in [4.69, 9.17) is 19.9 Å². The molecule has 0 aliphatic carbocycles. The molecule has 1 aromatic rings. The Kier molecular flexibility index (Phi) is 7.86. The van der Waals surface area contributed by atoms with Crippen LogP contribution < -0.4 is 10.6 Å². The molecule has 114 valence electrons. The molecule has 0 radical (unpaired) electrons. The molecule has 0 saturated heterocycles. The van der Waals surface area contributed by atoms with Gasteiger partial charge in [0, 0.05) is 40.0 Å². The first-order valence-corrected chi connectivity index (χ1v) is 6.65. The molecule has 0 spiro atoms. The molecule has 0 saturated carbocycles. The summed E-state index contributed by atoms with van der Waals surface area (Å²) in [6.07, 6.45) is 0. The molecule has 0 aromatic carbocycles. The van der Waals surface area contributed by atoms with Crippen molar-refractivity contribution in [2.24, 2.45) is 0 Å². The van der Waals surface area contributed by atoms with Crippen molar-refractivity contribution in [1.29, 1.82) is 0 Å². The van der Waals surface area contributed by atoms with Gasteiger partial charge in [-0.3, -0.25) is 0 Å². The van der Waals surface area contributed by atoms with Crippen LogP contribution in [-0.4, -0.2) is 57.1 Å². The van der Waals surface area contributed by atoms with Crippen molar-refractivity contribution in [2.45, 2.75) is 13.5 Å². The number of nitrogen functional groups attached to an aromatic ring is 1. The highest BCUT2D eigenvalue weighted by Crippen LogP contribution is 2.14. The maximum absolute atomic E-state index is 5.83. The molecule has 7 nitrogen and oxygen atoms in total. The van der Waals surface area contributed by atoms with Gasteiger partial charge in [0.1, 0.15) is 18.2 Å². The van der Waals surface area contributed by atoms with Crippen LogP contribution in [-0.2, 0) is 20.8 Å². The van der Waals surface area contributed by atoms with Crippen LogP contribution in [0.15, 0.2) is 6.07 Å². The Morgan fingerprint density at radius 1 is 1.15 bits per heavy atom. The first-order chi connectivity index (χ1) is 9.71. The lowest BCUT2D eigenvalue weighted by Gasteiger charge is -2.23. The van der Waals surface area contributed by atoms with Gasteiger partial charge in [0.05, 0.1) is 13.2 Å². The fourth-order valence-electron chi connectivity index (χ4n) is 1.67. The first kappa shape index (κ1) is 16.6. The van der Waals surface area contributed by atoms with E-state index in [1.165, 1.54) is 0 Å². The highest BCUT2D eigenvalue weighted by atomic mass is 16.5. The van der Waals surface area contributed by atoms with Gasteiger partial charge < -0.3 is 24.8 Å². The summed E-state index contributed by atoms with van der Waals surface area (Å²) in [6, 6.07) is 1.75. The lowest BCUT2D eigenvalue weighted by Crippen LogP contribution is -2.31. The van der Waals surface area contributed by atoms with Gasteiger partial charge in [-0.05, 0) is 6.92 Å². The smallest absolute Gasteiger partial charge is 0.158 e. The van der Waals surface area contributed by atoms with E-state index >= 15 is 0 Å². The van der Waals surface area contributed by atoms with Crippen molar-refractivity contribution < 1.29 is 14.2 Å². The topological polar surface area (TPSA) is 82.7 Å². The molecule has 1 rings (SSSR count). The molecule has 1 aromatic heterocycles. The van der Waals surface area contributed by atoms with Crippen LogP contribution in [0.5, 0.6) is 0 Å². The summed E-state index contributed by atoms with van der Waals surface area (Å²) in [5, 5.41) is 0. The number of ether oxygens (including phenoxy) is 3. The lowest BCUT2D eigenvalue weighted by atomic mass is 10.4. The number of nitrogens with two attached hydrogens (primary N) is 1. The van der Waals surface area contributed by atoms with Crippen LogP contribution in [0, 0.1) is 0 Å². The fourth-order valence-corrected chi connectivity index (χ4v) is 1.67. The van der Waals surface area contributed by atoms with E-state index in [9.17, 15) is 0 Å². The Balaban J connectivity index is 2.83. The maximum Gasteiger partial charge on any atom is 0.158 e. The number of hydrogen-bond donors (Lipinski definition) is 1. The van der Waals surface area contributed by atoms with Crippen molar-refractivity contribution >= 4 is 11.6 Å². The van der Waals surface area contributed by atoms with Gasteiger partial charge in [-0.25, -0.2) is 9.97 Å². The lowest BCUT2D eigenvalue weighted by molar-refractivity contribution is 0.128. The molecule has 0 atom stereocenters. The third kappa shape index (κ3) is 5.68. The SMILES string of the molecule is CCOCc1nc(N)cc(N(CCOC)CCOC)n1. The molecule has 0 aliphatic heterocycles. The Hall–Kier alpha value is -1.44. The second kappa shape index (κ2) is 9.46. The summed E-state index contributed by atoms with van der Waals surface area (Å²) in [5.74, 6) is 1.78. The Labute approximate surface area is 120 Å². The average Bonchev–Trinajstić information content (AvgIpc) is 2.44. The van der Waals surface area contributed by atoms with Crippen LogP contribution in [0.2, 0.25) is 0 Å². The molecule has 7 heteroatoms. The van der Waals surface area contributed by atoms with Gasteiger partial charge in [-0.2, -0.15) is 0 Å². The van der Waals surface area contributed by atoms with Crippen LogP contribution in [0.4, 0.5) is 11.6 Å². The minimum absolute atomic E-state index is 0.358. The van der Waals surface area contributed by atoms with Crippen molar-refractivity contribution in [3.05, 3.63) is 11.9 Å². The first-order valence-electron chi connectivity index (χ1n) is 6.65. The summed E-state index contributed by atoms with van der Waals surface area (Å²) >= 11 is 0. The summed E-state index contributed by atoms with van der Waals surface area (Å²) in [7, 11) is 3.34. The van der Waals surface area contributed by atoms with Gasteiger partial charge in [0.2, 0.25) is 0 Å². The second-order valence-corrected chi connectivity index (χ2v) is 4.18. The predicted octanol–water partition coefficient (Wildman–Crippen LogP) is 0.695. The summed E-state index contributed by atoms with van der Waals surface area (Å²) < 4.78 is 15.6. The van der Waals surface area contributed by atoms with Crippen LogP contribution in [0.3, 0.4) is 0 Å². The average molecular weight is 284 g/mol. The van der Waals surface area contributed by atoms with E-state index in [2.05, 4.69) is 14.9 Å². The minimum Gasteiger partial charge on any atom is -0.384 e. The van der Waals surface area contributed by atoms with Crippen LogP contribution in [0.25, 0.3) is 0 Å². The zero-order valence-electron chi connectivity index (χ0n) is 12.5. The van der Waals surface area contributed by atoms with E-state index in [-0.39, 0.29) is 0 Å². The molecule has 0 bridgehead atoms. The monoisotopic (exact) mass is 284 g/mol. The Morgan fingerprint density at radius 3 is 2.35 bits per heavy atom. The third-order valence-corrected chi connectivity index (χ3v) is 2.67. The normalized spacial score (nSPS) is 10.8. The quantitative estimate of drug-likeness (QED) is 0.677. The Bertz CT molecular complexity index is 382. The minimum atomic E-state index is 0.358. The van der Waals surface area contributed by atoms with Crippen molar-refractivity contribution in [1.82, 2.24) is 9.97 Å². The molecular formula is C13H24N4O3. The van der Waals surface area contributed by atoms with Crippen molar-refractivity contribution in [2.75, 3.05) is 57.8 Å². The third-order valence-electron chi connectivity index (χ3n) is 2.67. The number of anilines is 2. The van der Waals surface area contributed by atoms with Gasteiger partial charge in [0.25, 0.3) is 0 Å². The van der Waals surface area contributed by atoms with Gasteiger partial charge in [0.15, 0.2) is 5.82 Å². The highest BCUT2D eigenvalue weighted by molar-refractivity contribution is 5.47. The molecule has 0 amide bonds. The molecule has 2 N–H and O–H groups in total. The van der Waals surface area contributed by atoms with E-state index in [1.54, 1.807) is 20.3 Å². The molecule has 1 heterocycles. The van der Waals surface area contributed by atoms with Crippen LogP contribution >= 0.6 is 0 Å². The number of aromatic nitrogens is 2. The van der Waals surface area contributed by atoms with Crippen molar-refractivity contribution in [3.63, 3.8) is 0 Å². The van der Waals surface area contributed by atoms with E-state index < -0.39 is 0 Å². The fraction of sp³-hybridized carbons (Fsp3) is 0.692. The highest BCUT2D eigenvalue weighted by Gasteiger charge is 2.11. The van der Waals surface area contributed by atoms with Gasteiger partial charge in [-0.1, -0.05) is 0 Å². The van der Waals surface area contributed by atoms with E-state index in [0.717, 1.165) is 5.82 Å². The number of methoxy groups -OCH3 is 2. The number of rotatable bonds is 10. The predicted molar refractivity (Wildman–Crippen MR) is 77.7 cm³/mol. The largest absolute Gasteiger partial charge is 0.384 e. The maximum atomic E-state index is 5.83. The zero-order valence-corrected chi connectivity index (χ0v) is 12.5. The van der Waals surface area contributed by atoms with Crippen molar-refractivity contribution in [3.8, 4) is 0 Å². The number of hydrogen-bond acceptors (Lipinski definition) is 7. The van der Waals surface area contributed by atoms with Crippen LogP contribution in [0.1, 0.15) is 12.7 Å². The summed E-state index contributed by atoms with van der Waals surface area (Å²) in [6.45, 7) is 5.54. The molecule has 20 heavy (non-hydrogen) atoms. The molecular weight excluding hydrogens is 260 g/mol. The molecule has 0 aliphatic rings. The molecule has 0 fully saturated rings. The standard InChI is InChI=1S/C13H24N4O3/c1-4-20-10-12-15-11(14)9-13(16-12)17(5-7-18-2)6-8-19-3/h9H,4-8,10H2,1-3H3,(H2,14,15,16). The Morgan fingerprint density at radius 2 is 1.80 bits per heavy atom. The summed E-state index contributed by atoms with van der Waals surface area (Å²) in [4.78, 5) is 10.7. The number of nitrogens with zero attached hydrogens (tertiary/aromatic N) is 3.